The van der Waals surface area contributed by atoms with Crippen LogP contribution < -0.4 is 10.1 Å². The molecular weight excluding hydrogens is 308 g/mol. The number of nitrogens with one attached hydrogen (secondary N) is 1. The molecule has 0 spiro atoms. The van der Waals surface area contributed by atoms with Crippen molar-refractivity contribution in [3.05, 3.63) is 68.8 Å². The Hall–Kier alpha value is -2.40. The van der Waals surface area contributed by atoms with Crippen LogP contribution in [-0.2, 0) is 6.54 Å². The van der Waals surface area contributed by atoms with Gasteiger partial charge in [0.25, 0.3) is 5.91 Å². The van der Waals surface area contributed by atoms with Crippen LogP contribution in [0.15, 0.2) is 53.5 Å². The molecule has 1 aromatic carbocycles. The van der Waals surface area contributed by atoms with E-state index in [1.165, 1.54) is 0 Å². The molecule has 118 valence electrons. The third kappa shape index (κ3) is 3.19. The van der Waals surface area contributed by atoms with Crippen LogP contribution in [0.3, 0.4) is 0 Å². The molecule has 0 bridgehead atoms. The molecule has 3 rings (SSSR count). The Balaban J connectivity index is 1.81. The molecule has 0 radical (unpaired) electrons. The second kappa shape index (κ2) is 6.38. The number of nitrogens with zero attached hydrogens (tertiary/aromatic N) is 1. The standard InChI is InChI=1S/C18H18N2O2S/c1-12(2)20-9-5-7-14(20)11-19-17(21)16-10-13-6-3-4-8-15(13)18(22)23-16/h3-10,12H,11H2,1-2H3,(H,19,21). The predicted octanol–water partition coefficient (Wildman–Crippen LogP) is 3.57. The molecule has 0 saturated carbocycles. The maximum atomic E-state index is 12.4. The molecular formula is C18H18N2O2S. The molecule has 1 N–H and O–H groups in total. The lowest BCUT2D eigenvalue weighted by atomic mass is 10.2. The summed E-state index contributed by atoms with van der Waals surface area (Å²) < 4.78 is 2.03. The van der Waals surface area contributed by atoms with Crippen LogP contribution in [0.1, 0.15) is 35.3 Å². The van der Waals surface area contributed by atoms with E-state index in [1.54, 1.807) is 12.1 Å². The van der Waals surface area contributed by atoms with Gasteiger partial charge < -0.3 is 9.88 Å². The van der Waals surface area contributed by atoms with Crippen molar-refractivity contribution < 1.29 is 4.79 Å². The van der Waals surface area contributed by atoms with E-state index in [-0.39, 0.29) is 10.6 Å². The average Bonchev–Trinajstić information content (AvgIpc) is 3.01. The number of amides is 1. The van der Waals surface area contributed by atoms with Crippen molar-refractivity contribution in [1.82, 2.24) is 9.88 Å². The zero-order chi connectivity index (χ0) is 16.4. The van der Waals surface area contributed by atoms with Crippen LogP contribution in [0.5, 0.6) is 0 Å². The number of carbonyl (C=O) groups is 1. The normalized spacial score (nSPS) is 11.1. The number of hydrogen-bond donors (Lipinski definition) is 1. The van der Waals surface area contributed by atoms with E-state index in [1.807, 2.05) is 36.5 Å². The number of carbonyl (C=O) groups excluding carboxylic acids is 1. The van der Waals surface area contributed by atoms with Crippen LogP contribution in [-0.4, -0.2) is 10.5 Å². The van der Waals surface area contributed by atoms with E-state index < -0.39 is 0 Å². The third-order valence-electron chi connectivity index (χ3n) is 3.75. The summed E-state index contributed by atoms with van der Waals surface area (Å²) in [6, 6.07) is 13.4. The molecule has 0 aliphatic rings. The molecule has 0 saturated heterocycles. The Labute approximate surface area is 138 Å². The summed E-state index contributed by atoms with van der Waals surface area (Å²) in [5.41, 5.74) is 1.04. The largest absolute Gasteiger partial charge is 0.347 e. The first-order valence-corrected chi connectivity index (χ1v) is 8.34. The summed E-state index contributed by atoms with van der Waals surface area (Å²) >= 11 is 0.988. The molecule has 2 heterocycles. The number of rotatable bonds is 4. The number of hydrogen-bond acceptors (Lipinski definition) is 3. The Morgan fingerprint density at radius 3 is 2.78 bits per heavy atom. The highest BCUT2D eigenvalue weighted by Gasteiger charge is 2.11. The Kier molecular flexibility index (Phi) is 4.30. The molecule has 0 unspecified atom stereocenters. The van der Waals surface area contributed by atoms with Crippen molar-refractivity contribution in [1.29, 1.82) is 0 Å². The van der Waals surface area contributed by atoms with Gasteiger partial charge in [0.15, 0.2) is 0 Å². The Morgan fingerprint density at radius 1 is 1.22 bits per heavy atom. The summed E-state index contributed by atoms with van der Waals surface area (Å²) in [7, 11) is 0. The highest BCUT2D eigenvalue weighted by atomic mass is 32.1. The molecule has 5 heteroatoms. The van der Waals surface area contributed by atoms with Gasteiger partial charge in [0.1, 0.15) is 0 Å². The topological polar surface area (TPSA) is 51.1 Å². The Morgan fingerprint density at radius 2 is 2.00 bits per heavy atom. The van der Waals surface area contributed by atoms with Gasteiger partial charge in [-0.25, -0.2) is 0 Å². The van der Waals surface area contributed by atoms with Gasteiger partial charge >= 0.3 is 0 Å². The lowest BCUT2D eigenvalue weighted by molar-refractivity contribution is 0.0954. The minimum absolute atomic E-state index is 0.0844. The maximum absolute atomic E-state index is 12.4. The van der Waals surface area contributed by atoms with Gasteiger partial charge in [-0.2, -0.15) is 0 Å². The third-order valence-corrected chi connectivity index (χ3v) is 4.68. The molecule has 0 aliphatic heterocycles. The lowest BCUT2D eigenvalue weighted by Gasteiger charge is -2.13. The van der Waals surface area contributed by atoms with Crippen molar-refractivity contribution >= 4 is 28.0 Å². The SMILES string of the molecule is CC(C)n1cccc1CNC(=O)c1cc2ccccc2c(=O)s1. The zero-order valence-corrected chi connectivity index (χ0v) is 13.9. The van der Waals surface area contributed by atoms with Crippen LogP contribution in [0.4, 0.5) is 0 Å². The van der Waals surface area contributed by atoms with Crippen molar-refractivity contribution in [2.75, 3.05) is 0 Å². The van der Waals surface area contributed by atoms with E-state index in [0.717, 1.165) is 22.4 Å². The van der Waals surface area contributed by atoms with E-state index in [2.05, 4.69) is 23.7 Å². The lowest BCUT2D eigenvalue weighted by Crippen LogP contribution is -2.24. The molecule has 4 nitrogen and oxygen atoms in total. The first-order chi connectivity index (χ1) is 11.1. The monoisotopic (exact) mass is 326 g/mol. The van der Waals surface area contributed by atoms with Gasteiger partial charge in [0, 0.05) is 23.3 Å². The highest BCUT2D eigenvalue weighted by Crippen LogP contribution is 2.15. The van der Waals surface area contributed by atoms with E-state index in [4.69, 9.17) is 0 Å². The van der Waals surface area contributed by atoms with Gasteiger partial charge in [-0.1, -0.05) is 29.5 Å². The van der Waals surface area contributed by atoms with E-state index in [0.29, 0.717) is 22.8 Å². The fourth-order valence-electron chi connectivity index (χ4n) is 2.59. The fraction of sp³-hybridized carbons (Fsp3) is 0.222. The molecule has 0 atom stereocenters. The van der Waals surface area contributed by atoms with Crippen LogP contribution in [0, 0.1) is 0 Å². The van der Waals surface area contributed by atoms with Crippen LogP contribution in [0.25, 0.3) is 10.8 Å². The van der Waals surface area contributed by atoms with Gasteiger partial charge in [0.2, 0.25) is 4.74 Å². The zero-order valence-electron chi connectivity index (χ0n) is 13.1. The van der Waals surface area contributed by atoms with Gasteiger partial charge in [-0.05, 0) is 43.5 Å². The van der Waals surface area contributed by atoms with Gasteiger partial charge in [-0.3, -0.25) is 9.59 Å². The summed E-state index contributed by atoms with van der Waals surface area (Å²) in [5.74, 6) is -0.214. The van der Waals surface area contributed by atoms with Crippen molar-refractivity contribution in [3.63, 3.8) is 0 Å². The fourth-order valence-corrected chi connectivity index (χ4v) is 3.43. The summed E-state index contributed by atoms with van der Waals surface area (Å²) in [6.07, 6.45) is 2.00. The van der Waals surface area contributed by atoms with E-state index >= 15 is 0 Å². The molecule has 0 fully saturated rings. The molecule has 1 amide bonds. The van der Waals surface area contributed by atoms with Crippen molar-refractivity contribution in [3.8, 4) is 0 Å². The predicted molar refractivity (Wildman–Crippen MR) is 94.1 cm³/mol. The maximum Gasteiger partial charge on any atom is 0.261 e. The number of aromatic nitrogens is 1. The summed E-state index contributed by atoms with van der Waals surface area (Å²) in [4.78, 5) is 24.9. The molecule has 0 aliphatic carbocycles. The molecule has 2 aromatic heterocycles. The molecule has 3 aromatic rings. The van der Waals surface area contributed by atoms with Gasteiger partial charge in [-0.15, -0.1) is 0 Å². The Bertz CT molecular complexity index is 909. The van der Waals surface area contributed by atoms with Gasteiger partial charge in [0.05, 0.1) is 11.4 Å². The first kappa shape index (κ1) is 15.5. The smallest absolute Gasteiger partial charge is 0.261 e. The minimum atomic E-state index is -0.214. The first-order valence-electron chi connectivity index (χ1n) is 7.53. The van der Waals surface area contributed by atoms with Crippen LogP contribution in [0.2, 0.25) is 0 Å². The number of fused-ring (bicyclic) bond motifs is 1. The summed E-state index contributed by atoms with van der Waals surface area (Å²) in [5, 5.41) is 4.35. The number of benzene rings is 1. The second-order valence-corrected chi connectivity index (χ2v) is 6.68. The van der Waals surface area contributed by atoms with Crippen molar-refractivity contribution in [2.24, 2.45) is 0 Å². The highest BCUT2D eigenvalue weighted by molar-refractivity contribution is 7.12. The van der Waals surface area contributed by atoms with Crippen LogP contribution >= 0.6 is 11.3 Å². The quantitative estimate of drug-likeness (QED) is 0.797. The summed E-state index contributed by atoms with van der Waals surface area (Å²) in [6.45, 7) is 4.64. The van der Waals surface area contributed by atoms with E-state index in [9.17, 15) is 9.59 Å². The van der Waals surface area contributed by atoms with Crippen molar-refractivity contribution in [2.45, 2.75) is 26.4 Å². The average molecular weight is 326 g/mol. The second-order valence-electron chi connectivity index (χ2n) is 5.67. The minimum Gasteiger partial charge on any atom is -0.347 e. The molecule has 23 heavy (non-hydrogen) atoms.